The number of rotatable bonds is 5. The zero-order valence-electron chi connectivity index (χ0n) is 11.7. The quantitative estimate of drug-likeness (QED) is 0.591. The Hall–Kier alpha value is -0.643. The van der Waals surface area contributed by atoms with Gasteiger partial charge in [0.2, 0.25) is 0 Å². The monoisotopic (exact) mass is 264 g/mol. The number of ether oxygens (including phenoxy) is 1. The third-order valence-electron chi connectivity index (χ3n) is 3.83. The van der Waals surface area contributed by atoms with Crippen LogP contribution in [0.25, 0.3) is 0 Å². The van der Waals surface area contributed by atoms with Gasteiger partial charge in [0.05, 0.1) is 6.61 Å². The van der Waals surface area contributed by atoms with Crippen LogP contribution in [0, 0.1) is 0 Å². The van der Waals surface area contributed by atoms with E-state index in [0.29, 0.717) is 6.10 Å². The first kappa shape index (κ1) is 13.8. The highest BCUT2D eigenvalue weighted by Gasteiger charge is 2.41. The van der Waals surface area contributed by atoms with Gasteiger partial charge in [-0.3, -0.25) is 0 Å². The van der Waals surface area contributed by atoms with Crippen LogP contribution in [-0.2, 0) is 15.8 Å². The molecule has 2 atom stereocenters. The SMILES string of the molecule is C[C@H]1C[C@@H](CCOCc2ccccc2)[Si](C)(C)O1. The lowest BCUT2D eigenvalue weighted by molar-refractivity contribution is 0.117. The molecule has 0 N–H and O–H groups in total. The van der Waals surface area contributed by atoms with Crippen LogP contribution < -0.4 is 0 Å². The first-order valence-electron chi connectivity index (χ1n) is 6.87. The lowest BCUT2D eigenvalue weighted by Crippen LogP contribution is -2.31. The molecule has 1 saturated heterocycles. The summed E-state index contributed by atoms with van der Waals surface area (Å²) >= 11 is 0. The molecule has 2 nitrogen and oxygen atoms in total. The molecule has 1 heterocycles. The van der Waals surface area contributed by atoms with E-state index in [2.05, 4.69) is 44.3 Å². The first-order chi connectivity index (χ1) is 8.58. The third-order valence-corrected chi connectivity index (χ3v) is 7.33. The van der Waals surface area contributed by atoms with Crippen LogP contribution in [0.4, 0.5) is 0 Å². The normalized spacial score (nSPS) is 26.4. The predicted molar refractivity (Wildman–Crippen MR) is 77.1 cm³/mol. The first-order valence-corrected chi connectivity index (χ1v) is 9.86. The van der Waals surface area contributed by atoms with Crippen molar-refractivity contribution in [1.29, 1.82) is 0 Å². The molecule has 0 bridgehead atoms. The molecule has 1 aliphatic rings. The summed E-state index contributed by atoms with van der Waals surface area (Å²) in [5.74, 6) is 0. The summed E-state index contributed by atoms with van der Waals surface area (Å²) in [6.07, 6.45) is 2.82. The van der Waals surface area contributed by atoms with Gasteiger partial charge < -0.3 is 9.16 Å². The third kappa shape index (κ3) is 3.67. The van der Waals surface area contributed by atoms with E-state index in [1.54, 1.807) is 0 Å². The van der Waals surface area contributed by atoms with Gasteiger partial charge in [0.15, 0.2) is 8.32 Å². The molecule has 0 aromatic heterocycles. The topological polar surface area (TPSA) is 18.5 Å². The van der Waals surface area contributed by atoms with Crippen molar-refractivity contribution in [3.8, 4) is 0 Å². The Labute approximate surface area is 111 Å². The molecule has 18 heavy (non-hydrogen) atoms. The van der Waals surface area contributed by atoms with Crippen molar-refractivity contribution in [3.05, 3.63) is 35.9 Å². The van der Waals surface area contributed by atoms with Gasteiger partial charge in [0.25, 0.3) is 0 Å². The Morgan fingerprint density at radius 2 is 2.00 bits per heavy atom. The Morgan fingerprint density at radius 1 is 1.28 bits per heavy atom. The molecule has 2 rings (SSSR count). The van der Waals surface area contributed by atoms with Gasteiger partial charge in [-0.15, -0.1) is 0 Å². The molecule has 0 unspecified atom stereocenters. The van der Waals surface area contributed by atoms with Gasteiger partial charge in [0.1, 0.15) is 0 Å². The average Bonchev–Trinajstić information content (AvgIpc) is 2.59. The van der Waals surface area contributed by atoms with Crippen LogP contribution in [0.15, 0.2) is 30.3 Å². The van der Waals surface area contributed by atoms with Crippen LogP contribution >= 0.6 is 0 Å². The molecule has 1 aromatic carbocycles. The van der Waals surface area contributed by atoms with Gasteiger partial charge in [0, 0.05) is 12.7 Å². The maximum atomic E-state index is 6.06. The zero-order valence-corrected chi connectivity index (χ0v) is 12.7. The summed E-state index contributed by atoms with van der Waals surface area (Å²) in [6.45, 7) is 8.44. The zero-order chi connectivity index (χ0) is 13.0. The van der Waals surface area contributed by atoms with Crippen molar-refractivity contribution in [3.63, 3.8) is 0 Å². The molecular weight excluding hydrogens is 240 g/mol. The molecule has 1 aromatic rings. The smallest absolute Gasteiger partial charge is 0.190 e. The van der Waals surface area contributed by atoms with E-state index in [1.165, 1.54) is 12.0 Å². The number of hydrogen-bond acceptors (Lipinski definition) is 2. The van der Waals surface area contributed by atoms with E-state index >= 15 is 0 Å². The Morgan fingerprint density at radius 3 is 2.61 bits per heavy atom. The molecule has 0 spiro atoms. The predicted octanol–water partition coefficient (Wildman–Crippen LogP) is 3.98. The van der Waals surface area contributed by atoms with Gasteiger partial charge in [-0.1, -0.05) is 30.3 Å². The summed E-state index contributed by atoms with van der Waals surface area (Å²) in [7, 11) is -1.44. The molecule has 100 valence electrons. The van der Waals surface area contributed by atoms with Crippen molar-refractivity contribution in [1.82, 2.24) is 0 Å². The highest BCUT2D eigenvalue weighted by molar-refractivity contribution is 6.73. The average molecular weight is 264 g/mol. The number of hydrogen-bond donors (Lipinski definition) is 0. The fourth-order valence-electron chi connectivity index (χ4n) is 2.80. The minimum absolute atomic E-state index is 0.450. The van der Waals surface area contributed by atoms with Crippen molar-refractivity contribution >= 4 is 8.32 Å². The van der Waals surface area contributed by atoms with Crippen molar-refractivity contribution in [2.75, 3.05) is 6.61 Å². The minimum atomic E-state index is -1.44. The van der Waals surface area contributed by atoms with Gasteiger partial charge in [-0.05, 0) is 44.0 Å². The maximum Gasteiger partial charge on any atom is 0.190 e. The Balaban J connectivity index is 1.70. The summed E-state index contributed by atoms with van der Waals surface area (Å²) < 4.78 is 11.8. The lowest BCUT2D eigenvalue weighted by Gasteiger charge is -2.22. The lowest BCUT2D eigenvalue weighted by atomic mass is 10.2. The minimum Gasteiger partial charge on any atom is -0.414 e. The second-order valence-electron chi connectivity index (χ2n) is 5.79. The fraction of sp³-hybridized carbons (Fsp3) is 0.600. The highest BCUT2D eigenvalue weighted by Crippen LogP contribution is 2.39. The van der Waals surface area contributed by atoms with Crippen LogP contribution in [0.5, 0.6) is 0 Å². The van der Waals surface area contributed by atoms with E-state index in [-0.39, 0.29) is 0 Å². The largest absolute Gasteiger partial charge is 0.414 e. The second-order valence-corrected chi connectivity index (χ2v) is 10.1. The highest BCUT2D eigenvalue weighted by atomic mass is 28.4. The molecule has 1 fully saturated rings. The molecule has 0 aliphatic carbocycles. The van der Waals surface area contributed by atoms with Crippen molar-refractivity contribution in [2.24, 2.45) is 0 Å². The van der Waals surface area contributed by atoms with E-state index in [1.807, 2.05) is 6.07 Å². The second kappa shape index (κ2) is 6.00. The number of benzene rings is 1. The summed E-state index contributed by atoms with van der Waals surface area (Å²) in [5, 5.41) is 0. The molecular formula is C15H24O2Si. The summed E-state index contributed by atoms with van der Waals surface area (Å²) in [6, 6.07) is 10.4. The Bertz CT molecular complexity index is 364. The summed E-state index contributed by atoms with van der Waals surface area (Å²) in [4.78, 5) is 0. The van der Waals surface area contributed by atoms with Crippen molar-refractivity contribution < 1.29 is 9.16 Å². The Kier molecular flexibility index (Phi) is 4.59. The summed E-state index contributed by atoms with van der Waals surface area (Å²) in [5.41, 5.74) is 2.01. The maximum absolute atomic E-state index is 6.06. The van der Waals surface area contributed by atoms with Crippen molar-refractivity contribution in [2.45, 2.75) is 51.1 Å². The van der Waals surface area contributed by atoms with Crippen LogP contribution in [0.2, 0.25) is 18.6 Å². The molecule has 3 heteroatoms. The fourth-order valence-corrected chi connectivity index (χ4v) is 5.84. The van der Waals surface area contributed by atoms with Crippen LogP contribution in [0.1, 0.15) is 25.3 Å². The molecule has 1 aliphatic heterocycles. The molecule has 0 radical (unpaired) electrons. The van der Waals surface area contributed by atoms with E-state index in [9.17, 15) is 0 Å². The van der Waals surface area contributed by atoms with Crippen LogP contribution in [0.3, 0.4) is 0 Å². The van der Waals surface area contributed by atoms with Gasteiger partial charge in [-0.25, -0.2) is 0 Å². The van der Waals surface area contributed by atoms with Gasteiger partial charge >= 0.3 is 0 Å². The van der Waals surface area contributed by atoms with Gasteiger partial charge in [-0.2, -0.15) is 0 Å². The standard InChI is InChI=1S/C15H24O2Si/c1-13-11-15(18(2,3)17-13)9-10-16-12-14-7-5-4-6-8-14/h4-8,13,15H,9-12H2,1-3H3/t13-,15+/m0/s1. The van der Waals surface area contributed by atoms with E-state index in [4.69, 9.17) is 9.16 Å². The van der Waals surface area contributed by atoms with Crippen LogP contribution in [-0.4, -0.2) is 21.0 Å². The molecule has 0 amide bonds. The molecule has 0 saturated carbocycles. The van der Waals surface area contributed by atoms with E-state index in [0.717, 1.165) is 25.2 Å². The van der Waals surface area contributed by atoms with E-state index < -0.39 is 8.32 Å².